The second kappa shape index (κ2) is 5.22. The van der Waals surface area contributed by atoms with E-state index >= 15 is 0 Å². The van der Waals surface area contributed by atoms with E-state index in [2.05, 4.69) is 5.32 Å². The summed E-state index contributed by atoms with van der Waals surface area (Å²) in [4.78, 5) is 33.9. The first-order valence-electron chi connectivity index (χ1n) is 6.13. The van der Waals surface area contributed by atoms with Crippen LogP contribution in [0, 0.1) is 11.8 Å². The summed E-state index contributed by atoms with van der Waals surface area (Å²) in [5, 5.41) is 11.6. The average molecular weight is 261 g/mol. The van der Waals surface area contributed by atoms with Crippen LogP contribution in [-0.4, -0.2) is 22.8 Å². The molecule has 1 fully saturated rings. The number of hydrogen-bond donors (Lipinski definition) is 2. The number of aliphatic carboxylic acids is 1. The maximum Gasteiger partial charge on any atom is 0.307 e. The zero-order valence-corrected chi connectivity index (χ0v) is 10.6. The van der Waals surface area contributed by atoms with Gasteiger partial charge in [-0.2, -0.15) is 0 Å². The van der Waals surface area contributed by atoms with Crippen LogP contribution in [-0.2, 0) is 9.59 Å². The van der Waals surface area contributed by atoms with E-state index in [1.54, 1.807) is 24.3 Å². The second-order valence-electron chi connectivity index (χ2n) is 4.75. The number of carbonyl (C=O) groups excluding carboxylic acids is 2. The zero-order valence-electron chi connectivity index (χ0n) is 10.6. The second-order valence-corrected chi connectivity index (χ2v) is 4.75. The Hall–Kier alpha value is -2.17. The van der Waals surface area contributed by atoms with Crippen molar-refractivity contribution in [2.45, 2.75) is 19.8 Å². The summed E-state index contributed by atoms with van der Waals surface area (Å²) in [5.74, 6) is -2.18. The molecule has 2 N–H and O–H groups in total. The lowest BCUT2D eigenvalue weighted by atomic mass is 9.70. The SMILES string of the molecule is CC(=O)Nc1ccc(C(=O)[C@H]2CC[C@H]2C(=O)O)cc1. The molecule has 1 aromatic carbocycles. The molecule has 0 saturated heterocycles. The number of rotatable bonds is 4. The highest BCUT2D eigenvalue weighted by atomic mass is 16.4. The Kier molecular flexibility index (Phi) is 3.64. The molecule has 5 heteroatoms. The van der Waals surface area contributed by atoms with Gasteiger partial charge in [0.05, 0.1) is 5.92 Å². The van der Waals surface area contributed by atoms with Gasteiger partial charge in [-0.15, -0.1) is 0 Å². The van der Waals surface area contributed by atoms with Gasteiger partial charge in [0.1, 0.15) is 0 Å². The first-order chi connectivity index (χ1) is 8.99. The van der Waals surface area contributed by atoms with Crippen molar-refractivity contribution in [3.63, 3.8) is 0 Å². The summed E-state index contributed by atoms with van der Waals surface area (Å²) in [6.45, 7) is 1.41. The predicted molar refractivity (Wildman–Crippen MR) is 68.9 cm³/mol. The summed E-state index contributed by atoms with van der Waals surface area (Å²) >= 11 is 0. The molecule has 0 heterocycles. The highest BCUT2D eigenvalue weighted by molar-refractivity contribution is 6.01. The van der Waals surface area contributed by atoms with Gasteiger partial charge in [-0.3, -0.25) is 14.4 Å². The van der Waals surface area contributed by atoms with Gasteiger partial charge in [-0.1, -0.05) is 0 Å². The van der Waals surface area contributed by atoms with Crippen molar-refractivity contribution < 1.29 is 19.5 Å². The minimum Gasteiger partial charge on any atom is -0.481 e. The number of benzene rings is 1. The Labute approximate surface area is 110 Å². The lowest BCUT2D eigenvalue weighted by Gasteiger charge is -2.31. The molecule has 0 aromatic heterocycles. The van der Waals surface area contributed by atoms with Crippen LogP contribution in [0.5, 0.6) is 0 Å². The number of Topliss-reactive ketones (excluding diaryl/α,β-unsaturated/α-hetero) is 1. The largest absolute Gasteiger partial charge is 0.481 e. The number of carboxylic acid groups (broad SMARTS) is 1. The van der Waals surface area contributed by atoms with Gasteiger partial charge in [0.25, 0.3) is 0 Å². The molecule has 0 unspecified atom stereocenters. The number of carboxylic acids is 1. The molecule has 1 saturated carbocycles. The highest BCUT2D eigenvalue weighted by Gasteiger charge is 2.41. The van der Waals surface area contributed by atoms with E-state index in [9.17, 15) is 14.4 Å². The number of nitrogens with one attached hydrogen (secondary N) is 1. The van der Waals surface area contributed by atoms with Crippen molar-refractivity contribution in [3.8, 4) is 0 Å². The van der Waals surface area contributed by atoms with E-state index in [4.69, 9.17) is 5.11 Å². The van der Waals surface area contributed by atoms with Crippen molar-refractivity contribution >= 4 is 23.3 Å². The number of carbonyl (C=O) groups is 3. The topological polar surface area (TPSA) is 83.5 Å². The van der Waals surface area contributed by atoms with Crippen LogP contribution in [0.15, 0.2) is 24.3 Å². The quantitative estimate of drug-likeness (QED) is 0.811. The first-order valence-corrected chi connectivity index (χ1v) is 6.13. The predicted octanol–water partition coefficient (Wildman–Crippen LogP) is 1.94. The molecule has 1 amide bonds. The fraction of sp³-hybridized carbons (Fsp3) is 0.357. The Bertz CT molecular complexity index is 521. The monoisotopic (exact) mass is 261 g/mol. The van der Waals surface area contributed by atoms with Crippen LogP contribution < -0.4 is 5.32 Å². The summed E-state index contributed by atoms with van der Waals surface area (Å²) in [6, 6.07) is 6.52. The molecule has 0 spiro atoms. The van der Waals surface area contributed by atoms with Gasteiger partial charge in [0.15, 0.2) is 5.78 Å². The van der Waals surface area contributed by atoms with Gasteiger partial charge in [0.2, 0.25) is 5.91 Å². The van der Waals surface area contributed by atoms with E-state index in [1.165, 1.54) is 6.92 Å². The number of ketones is 1. The Balaban J connectivity index is 2.08. The molecular formula is C14H15NO4. The summed E-state index contributed by atoms with van der Waals surface area (Å²) in [7, 11) is 0. The van der Waals surface area contributed by atoms with Crippen molar-refractivity contribution in [2.75, 3.05) is 5.32 Å². The standard InChI is InChI=1S/C14H15NO4/c1-8(16)15-10-4-2-9(3-5-10)13(17)11-6-7-12(11)14(18)19/h2-5,11-12H,6-7H2,1H3,(H,15,16)(H,18,19)/t11-,12+/m0/s1. The molecule has 5 nitrogen and oxygen atoms in total. The van der Waals surface area contributed by atoms with Crippen molar-refractivity contribution in [3.05, 3.63) is 29.8 Å². The van der Waals surface area contributed by atoms with Gasteiger partial charge < -0.3 is 10.4 Å². The molecule has 19 heavy (non-hydrogen) atoms. The van der Waals surface area contributed by atoms with Crippen molar-refractivity contribution in [1.29, 1.82) is 0 Å². The van der Waals surface area contributed by atoms with Crippen LogP contribution in [0.2, 0.25) is 0 Å². The van der Waals surface area contributed by atoms with Gasteiger partial charge in [0, 0.05) is 24.1 Å². The maximum absolute atomic E-state index is 12.1. The molecule has 0 bridgehead atoms. The van der Waals surface area contributed by atoms with Crippen molar-refractivity contribution in [2.24, 2.45) is 11.8 Å². The van der Waals surface area contributed by atoms with Crippen molar-refractivity contribution in [1.82, 2.24) is 0 Å². The third kappa shape index (κ3) is 2.81. The highest BCUT2D eigenvalue weighted by Crippen LogP contribution is 2.37. The maximum atomic E-state index is 12.1. The van der Waals surface area contributed by atoms with E-state index in [1.807, 2.05) is 0 Å². The van der Waals surface area contributed by atoms with Gasteiger partial charge in [-0.05, 0) is 37.1 Å². The molecule has 1 aliphatic rings. The molecule has 2 atom stereocenters. The average Bonchev–Trinajstić information content (AvgIpc) is 2.26. The summed E-state index contributed by atoms with van der Waals surface area (Å²) < 4.78 is 0. The van der Waals surface area contributed by atoms with E-state index in [-0.39, 0.29) is 11.7 Å². The van der Waals surface area contributed by atoms with E-state index in [0.717, 1.165) is 0 Å². The van der Waals surface area contributed by atoms with E-state index < -0.39 is 17.8 Å². The number of amides is 1. The zero-order chi connectivity index (χ0) is 14.0. The summed E-state index contributed by atoms with van der Waals surface area (Å²) in [6.07, 6.45) is 1.19. The molecule has 1 aliphatic carbocycles. The van der Waals surface area contributed by atoms with E-state index in [0.29, 0.717) is 24.1 Å². The molecule has 100 valence electrons. The third-order valence-corrected chi connectivity index (χ3v) is 3.42. The fourth-order valence-electron chi connectivity index (χ4n) is 2.24. The smallest absolute Gasteiger partial charge is 0.307 e. The fourth-order valence-corrected chi connectivity index (χ4v) is 2.24. The van der Waals surface area contributed by atoms with Crippen LogP contribution in [0.3, 0.4) is 0 Å². The lowest BCUT2D eigenvalue weighted by molar-refractivity contribution is -0.146. The lowest BCUT2D eigenvalue weighted by Crippen LogP contribution is -2.38. The molecule has 0 aliphatic heterocycles. The minimum absolute atomic E-state index is 0.131. The number of hydrogen-bond acceptors (Lipinski definition) is 3. The van der Waals surface area contributed by atoms with Gasteiger partial charge >= 0.3 is 5.97 Å². The Morgan fingerprint density at radius 3 is 2.11 bits per heavy atom. The van der Waals surface area contributed by atoms with Crippen LogP contribution in [0.25, 0.3) is 0 Å². The molecule has 1 aromatic rings. The molecule has 0 radical (unpaired) electrons. The minimum atomic E-state index is -0.903. The molecular weight excluding hydrogens is 246 g/mol. The van der Waals surface area contributed by atoms with Crippen LogP contribution in [0.1, 0.15) is 30.1 Å². The Morgan fingerprint density at radius 2 is 1.68 bits per heavy atom. The first kappa shape index (κ1) is 13.3. The Morgan fingerprint density at radius 1 is 1.11 bits per heavy atom. The van der Waals surface area contributed by atoms with Crippen LogP contribution in [0.4, 0.5) is 5.69 Å². The van der Waals surface area contributed by atoms with Crippen LogP contribution >= 0.6 is 0 Å². The third-order valence-electron chi connectivity index (χ3n) is 3.42. The summed E-state index contributed by atoms with van der Waals surface area (Å²) in [5.41, 5.74) is 1.11. The van der Waals surface area contributed by atoms with Gasteiger partial charge in [-0.25, -0.2) is 0 Å². The normalized spacial score (nSPS) is 21.3. The number of anilines is 1. The molecule has 2 rings (SSSR count).